The van der Waals surface area contributed by atoms with Gasteiger partial charge in [-0.05, 0) is 36.1 Å². The normalized spacial score (nSPS) is 12.9. The highest BCUT2D eigenvalue weighted by Gasteiger charge is 2.23. The maximum absolute atomic E-state index is 12.5. The molecule has 27 heavy (non-hydrogen) atoms. The molecule has 144 valence electrons. The summed E-state index contributed by atoms with van der Waals surface area (Å²) in [6, 6.07) is 15.8. The number of benzene rings is 2. The first-order valence-corrected chi connectivity index (χ1v) is 9.27. The molecule has 2 aromatic carbocycles. The molecule has 2 rings (SSSR count). The molecule has 2 atom stereocenters. The summed E-state index contributed by atoms with van der Waals surface area (Å²) in [5, 5.41) is 6.18. The molecule has 0 aliphatic rings. The van der Waals surface area contributed by atoms with Crippen molar-refractivity contribution in [3.05, 3.63) is 70.7 Å². The van der Waals surface area contributed by atoms with Crippen LogP contribution in [-0.4, -0.2) is 18.0 Å². The van der Waals surface area contributed by atoms with Crippen LogP contribution in [0.3, 0.4) is 0 Å². The van der Waals surface area contributed by atoms with Gasteiger partial charge in [-0.1, -0.05) is 67.9 Å². The van der Waals surface area contributed by atoms with E-state index >= 15 is 0 Å². The predicted molar refractivity (Wildman–Crippen MR) is 106 cm³/mol. The number of rotatable bonds is 7. The molecule has 0 aliphatic carbocycles. The maximum atomic E-state index is 12.5. The zero-order valence-electron chi connectivity index (χ0n) is 15.7. The average Bonchev–Trinajstić information content (AvgIpc) is 2.65. The van der Waals surface area contributed by atoms with Crippen LogP contribution in [0.15, 0.2) is 54.6 Å². The van der Waals surface area contributed by atoms with Crippen LogP contribution in [0.1, 0.15) is 37.9 Å². The number of ether oxygens (including phenoxy) is 1. The number of amides is 2. The van der Waals surface area contributed by atoms with E-state index in [0.29, 0.717) is 5.02 Å². The Morgan fingerprint density at radius 3 is 2.19 bits per heavy atom. The monoisotopic (exact) mass is 388 g/mol. The molecule has 0 fully saturated rings. The molecule has 0 saturated heterocycles. The van der Waals surface area contributed by atoms with Crippen LogP contribution < -0.4 is 10.6 Å². The Balaban J connectivity index is 1.88. The van der Waals surface area contributed by atoms with E-state index in [9.17, 15) is 9.59 Å². The molecule has 0 aliphatic heterocycles. The standard InChI is InChI=1S/C21H25ClN2O3/c1-14(2)19(17-9-11-18(22)12-10-17)24-20(25)15(3)23-21(26)27-13-16-7-5-4-6-8-16/h4-12,14-15,19H,13H2,1-3H3,(H,23,26)(H,24,25)/t15-,19?/m0/s1. The Morgan fingerprint density at radius 2 is 1.59 bits per heavy atom. The molecule has 0 spiro atoms. The summed E-state index contributed by atoms with van der Waals surface area (Å²) in [6.45, 7) is 5.82. The molecule has 2 N–H and O–H groups in total. The minimum absolute atomic E-state index is 0.153. The van der Waals surface area contributed by atoms with Crippen LogP contribution in [0.2, 0.25) is 5.02 Å². The van der Waals surface area contributed by atoms with Crippen LogP contribution >= 0.6 is 11.6 Å². The van der Waals surface area contributed by atoms with Gasteiger partial charge in [0.2, 0.25) is 5.91 Å². The number of halogens is 1. The fourth-order valence-electron chi connectivity index (χ4n) is 2.59. The van der Waals surface area contributed by atoms with E-state index in [-0.39, 0.29) is 24.5 Å². The van der Waals surface area contributed by atoms with Crippen LogP contribution in [-0.2, 0) is 16.1 Å². The van der Waals surface area contributed by atoms with Crippen molar-refractivity contribution in [3.63, 3.8) is 0 Å². The lowest BCUT2D eigenvalue weighted by atomic mass is 9.96. The van der Waals surface area contributed by atoms with Gasteiger partial charge >= 0.3 is 6.09 Å². The molecule has 0 bridgehead atoms. The van der Waals surface area contributed by atoms with Gasteiger partial charge in [0.05, 0.1) is 6.04 Å². The van der Waals surface area contributed by atoms with E-state index in [1.54, 1.807) is 19.1 Å². The highest BCUT2D eigenvalue weighted by atomic mass is 35.5. The van der Waals surface area contributed by atoms with E-state index in [2.05, 4.69) is 10.6 Å². The van der Waals surface area contributed by atoms with Crippen molar-refractivity contribution in [1.82, 2.24) is 10.6 Å². The van der Waals surface area contributed by atoms with Gasteiger partial charge in [0.1, 0.15) is 12.6 Å². The zero-order chi connectivity index (χ0) is 19.8. The Labute approximate surface area is 165 Å². The molecule has 1 unspecified atom stereocenters. The molecule has 0 saturated carbocycles. The molecular formula is C21H25ClN2O3. The smallest absolute Gasteiger partial charge is 0.408 e. The second-order valence-corrected chi connectivity index (χ2v) is 7.15. The Morgan fingerprint density at radius 1 is 0.963 bits per heavy atom. The van der Waals surface area contributed by atoms with Crippen molar-refractivity contribution in [2.45, 2.75) is 39.5 Å². The summed E-state index contributed by atoms with van der Waals surface area (Å²) in [7, 11) is 0. The second-order valence-electron chi connectivity index (χ2n) is 6.71. The number of carbonyl (C=O) groups excluding carboxylic acids is 2. The number of hydrogen-bond acceptors (Lipinski definition) is 3. The summed E-state index contributed by atoms with van der Waals surface area (Å²) in [6.07, 6.45) is -0.630. The molecular weight excluding hydrogens is 364 g/mol. The highest BCUT2D eigenvalue weighted by molar-refractivity contribution is 6.30. The molecule has 0 radical (unpaired) electrons. The molecule has 6 heteroatoms. The summed E-state index contributed by atoms with van der Waals surface area (Å²) in [4.78, 5) is 24.4. The van der Waals surface area contributed by atoms with Crippen molar-refractivity contribution in [3.8, 4) is 0 Å². The summed E-state index contributed by atoms with van der Waals surface area (Å²) in [5.41, 5.74) is 1.84. The van der Waals surface area contributed by atoms with E-state index in [0.717, 1.165) is 11.1 Å². The molecule has 5 nitrogen and oxygen atoms in total. The van der Waals surface area contributed by atoms with E-state index < -0.39 is 12.1 Å². The first kappa shape index (κ1) is 20.8. The average molecular weight is 389 g/mol. The van der Waals surface area contributed by atoms with E-state index in [4.69, 9.17) is 16.3 Å². The SMILES string of the molecule is CC(C)C(NC(=O)[C@H](C)NC(=O)OCc1ccccc1)c1ccc(Cl)cc1. The molecule has 0 aromatic heterocycles. The summed E-state index contributed by atoms with van der Waals surface area (Å²) < 4.78 is 5.15. The largest absolute Gasteiger partial charge is 0.445 e. The predicted octanol–water partition coefficient (Wildman–Crippen LogP) is 4.47. The van der Waals surface area contributed by atoms with Crippen molar-refractivity contribution in [2.24, 2.45) is 5.92 Å². The van der Waals surface area contributed by atoms with Gasteiger partial charge in [0.25, 0.3) is 0 Å². The quantitative estimate of drug-likeness (QED) is 0.735. The lowest BCUT2D eigenvalue weighted by molar-refractivity contribution is -0.123. The van der Waals surface area contributed by atoms with E-state index in [1.165, 1.54) is 0 Å². The first-order valence-electron chi connectivity index (χ1n) is 8.90. The lowest BCUT2D eigenvalue weighted by Gasteiger charge is -2.25. The lowest BCUT2D eigenvalue weighted by Crippen LogP contribution is -2.46. The van der Waals surface area contributed by atoms with Gasteiger partial charge in [-0.25, -0.2) is 4.79 Å². The number of carbonyl (C=O) groups is 2. The van der Waals surface area contributed by atoms with Gasteiger partial charge < -0.3 is 15.4 Å². The van der Waals surface area contributed by atoms with Gasteiger partial charge in [-0.15, -0.1) is 0 Å². The van der Waals surface area contributed by atoms with Crippen molar-refractivity contribution in [2.75, 3.05) is 0 Å². The van der Waals surface area contributed by atoms with Crippen LogP contribution in [0.4, 0.5) is 4.79 Å². The minimum atomic E-state index is -0.721. The van der Waals surface area contributed by atoms with Crippen molar-refractivity contribution in [1.29, 1.82) is 0 Å². The van der Waals surface area contributed by atoms with Gasteiger partial charge in [0, 0.05) is 5.02 Å². The Bertz CT molecular complexity index is 748. The molecule has 0 heterocycles. The fourth-order valence-corrected chi connectivity index (χ4v) is 2.72. The van der Waals surface area contributed by atoms with Gasteiger partial charge in [-0.3, -0.25) is 4.79 Å². The summed E-state index contributed by atoms with van der Waals surface area (Å²) in [5.74, 6) is -0.104. The number of nitrogens with one attached hydrogen (secondary N) is 2. The Kier molecular flexibility index (Phi) is 7.67. The highest BCUT2D eigenvalue weighted by Crippen LogP contribution is 2.23. The third kappa shape index (κ3) is 6.61. The number of hydrogen-bond donors (Lipinski definition) is 2. The van der Waals surface area contributed by atoms with Crippen molar-refractivity contribution < 1.29 is 14.3 Å². The second kappa shape index (κ2) is 9.97. The maximum Gasteiger partial charge on any atom is 0.408 e. The Hall–Kier alpha value is -2.53. The number of alkyl carbamates (subject to hydrolysis) is 1. The third-order valence-electron chi connectivity index (χ3n) is 4.13. The minimum Gasteiger partial charge on any atom is -0.445 e. The topological polar surface area (TPSA) is 67.4 Å². The first-order chi connectivity index (χ1) is 12.9. The van der Waals surface area contributed by atoms with Gasteiger partial charge in [0.15, 0.2) is 0 Å². The van der Waals surface area contributed by atoms with Gasteiger partial charge in [-0.2, -0.15) is 0 Å². The summed E-state index contributed by atoms with van der Waals surface area (Å²) >= 11 is 5.93. The van der Waals surface area contributed by atoms with Crippen LogP contribution in [0, 0.1) is 5.92 Å². The van der Waals surface area contributed by atoms with Crippen LogP contribution in [0.5, 0.6) is 0 Å². The van der Waals surface area contributed by atoms with Crippen molar-refractivity contribution >= 4 is 23.6 Å². The van der Waals surface area contributed by atoms with Crippen LogP contribution in [0.25, 0.3) is 0 Å². The molecule has 2 amide bonds. The zero-order valence-corrected chi connectivity index (χ0v) is 16.5. The molecule has 2 aromatic rings. The van der Waals surface area contributed by atoms with E-state index in [1.807, 2.05) is 56.3 Å². The fraction of sp³-hybridized carbons (Fsp3) is 0.333. The third-order valence-corrected chi connectivity index (χ3v) is 4.39.